The molecule has 0 spiro atoms. The van der Waals surface area contributed by atoms with Crippen LogP contribution in [0.25, 0.3) is 15.9 Å². The van der Waals surface area contributed by atoms with Crippen LogP contribution in [-0.2, 0) is 4.79 Å². The van der Waals surface area contributed by atoms with Gasteiger partial charge in [-0.15, -0.1) is 11.3 Å². The first-order valence-electron chi connectivity index (χ1n) is 8.88. The number of carbonyl (C=O) groups is 1. The van der Waals surface area contributed by atoms with Gasteiger partial charge in [0.1, 0.15) is 4.70 Å². The molecular weight excluding hydrogens is 461 g/mol. The van der Waals surface area contributed by atoms with Crippen LogP contribution in [0.5, 0.6) is 0 Å². The number of carbonyl (C=O) groups excluding carboxylic acids is 1. The lowest BCUT2D eigenvalue weighted by Gasteiger charge is -2.13. The number of thioether (sulfide) groups is 1. The van der Waals surface area contributed by atoms with Gasteiger partial charge < -0.3 is 5.32 Å². The Hall–Kier alpha value is -2.32. The van der Waals surface area contributed by atoms with Gasteiger partial charge in [-0.3, -0.25) is 14.2 Å². The van der Waals surface area contributed by atoms with Gasteiger partial charge >= 0.3 is 0 Å². The molecule has 1 amide bonds. The van der Waals surface area contributed by atoms with E-state index in [0.29, 0.717) is 36.8 Å². The fourth-order valence-electron chi connectivity index (χ4n) is 2.87. The van der Waals surface area contributed by atoms with E-state index in [1.807, 2.05) is 12.3 Å². The number of halogens is 2. The summed E-state index contributed by atoms with van der Waals surface area (Å²) in [6, 6.07) is 14.1. The van der Waals surface area contributed by atoms with Crippen LogP contribution in [0, 0.1) is 6.92 Å². The summed E-state index contributed by atoms with van der Waals surface area (Å²) in [6.07, 6.45) is 0. The van der Waals surface area contributed by atoms with Crippen LogP contribution in [0.4, 0.5) is 5.69 Å². The van der Waals surface area contributed by atoms with Crippen molar-refractivity contribution in [3.05, 3.63) is 79.9 Å². The molecule has 0 saturated heterocycles. The first-order chi connectivity index (χ1) is 14.4. The highest BCUT2D eigenvalue weighted by molar-refractivity contribution is 7.99. The van der Waals surface area contributed by atoms with E-state index in [9.17, 15) is 9.59 Å². The zero-order chi connectivity index (χ0) is 21.3. The average molecular weight is 476 g/mol. The normalized spacial score (nSPS) is 11.0. The number of nitrogens with zero attached hydrogens (tertiary/aromatic N) is 2. The monoisotopic (exact) mass is 475 g/mol. The average Bonchev–Trinajstić information content (AvgIpc) is 3.20. The van der Waals surface area contributed by atoms with Gasteiger partial charge in [-0.25, -0.2) is 4.98 Å². The van der Waals surface area contributed by atoms with E-state index >= 15 is 0 Å². The van der Waals surface area contributed by atoms with Gasteiger partial charge in [-0.2, -0.15) is 0 Å². The van der Waals surface area contributed by atoms with Crippen LogP contribution in [0.15, 0.2) is 63.9 Å². The molecule has 1 N–H and O–H groups in total. The maximum Gasteiger partial charge on any atom is 0.276 e. The van der Waals surface area contributed by atoms with Crippen molar-refractivity contribution in [2.24, 2.45) is 0 Å². The number of amides is 1. The van der Waals surface area contributed by atoms with Gasteiger partial charge in [0.05, 0.1) is 17.0 Å². The predicted octanol–water partition coefficient (Wildman–Crippen LogP) is 5.79. The van der Waals surface area contributed by atoms with E-state index in [4.69, 9.17) is 23.2 Å². The van der Waals surface area contributed by atoms with E-state index < -0.39 is 0 Å². The molecule has 0 fully saturated rings. The molecule has 9 heteroatoms. The highest BCUT2D eigenvalue weighted by Crippen LogP contribution is 2.26. The Labute approximate surface area is 190 Å². The quantitative estimate of drug-likeness (QED) is 0.292. The summed E-state index contributed by atoms with van der Waals surface area (Å²) in [4.78, 5) is 30.2. The number of thiophene rings is 1. The van der Waals surface area contributed by atoms with Crippen molar-refractivity contribution in [1.29, 1.82) is 0 Å². The maximum atomic E-state index is 13.1. The van der Waals surface area contributed by atoms with Gasteiger partial charge in [-0.1, -0.05) is 41.0 Å². The largest absolute Gasteiger partial charge is 0.325 e. The first kappa shape index (κ1) is 20.9. The third kappa shape index (κ3) is 4.25. The van der Waals surface area contributed by atoms with Crippen LogP contribution in [0.2, 0.25) is 10.0 Å². The van der Waals surface area contributed by atoms with Crippen molar-refractivity contribution in [3.63, 3.8) is 0 Å². The lowest BCUT2D eigenvalue weighted by atomic mass is 10.2. The van der Waals surface area contributed by atoms with Gasteiger partial charge in [0.2, 0.25) is 5.91 Å². The number of nitrogens with one attached hydrogen (secondary N) is 1. The topological polar surface area (TPSA) is 64.0 Å². The summed E-state index contributed by atoms with van der Waals surface area (Å²) in [5.74, 6) is -0.130. The molecule has 0 bridgehead atoms. The Bertz CT molecular complexity index is 1300. The molecule has 0 unspecified atom stereocenters. The second-order valence-electron chi connectivity index (χ2n) is 6.40. The molecule has 2 aromatic heterocycles. The first-order valence-corrected chi connectivity index (χ1v) is 11.5. The Morgan fingerprint density at radius 3 is 2.70 bits per heavy atom. The highest BCUT2D eigenvalue weighted by Gasteiger charge is 2.16. The van der Waals surface area contributed by atoms with E-state index in [1.165, 1.54) is 27.7 Å². The fraction of sp³-hybridized carbons (Fsp3) is 0.0952. The summed E-state index contributed by atoms with van der Waals surface area (Å²) >= 11 is 14.6. The second-order valence-corrected chi connectivity index (χ2v) is 9.10. The molecule has 4 aromatic rings. The number of fused-ring (bicyclic) bond motifs is 1. The molecule has 2 heterocycles. The molecule has 0 aliphatic carbocycles. The van der Waals surface area contributed by atoms with Crippen LogP contribution in [-0.4, -0.2) is 21.2 Å². The summed E-state index contributed by atoms with van der Waals surface area (Å²) in [7, 11) is 0. The number of benzene rings is 2. The minimum absolute atomic E-state index is 0.0849. The Balaban J connectivity index is 1.64. The minimum Gasteiger partial charge on any atom is -0.325 e. The van der Waals surface area contributed by atoms with Crippen LogP contribution < -0.4 is 10.9 Å². The molecule has 0 radical (unpaired) electrons. The van der Waals surface area contributed by atoms with Gasteiger partial charge in [0, 0.05) is 15.7 Å². The van der Waals surface area contributed by atoms with E-state index in [-0.39, 0.29) is 17.2 Å². The van der Waals surface area contributed by atoms with E-state index in [1.54, 1.807) is 48.5 Å². The van der Waals surface area contributed by atoms with Crippen molar-refractivity contribution in [1.82, 2.24) is 9.55 Å². The van der Waals surface area contributed by atoms with Crippen LogP contribution in [0.1, 0.15) is 5.56 Å². The molecule has 2 aromatic carbocycles. The number of rotatable bonds is 5. The summed E-state index contributed by atoms with van der Waals surface area (Å²) < 4.78 is 2.07. The number of anilines is 1. The Morgan fingerprint density at radius 1 is 1.17 bits per heavy atom. The molecule has 30 heavy (non-hydrogen) atoms. The van der Waals surface area contributed by atoms with Crippen molar-refractivity contribution in [2.45, 2.75) is 12.1 Å². The summed E-state index contributed by atoms with van der Waals surface area (Å²) in [5, 5.41) is 6.28. The molecule has 4 rings (SSSR count). The summed E-state index contributed by atoms with van der Waals surface area (Å²) in [5.41, 5.74) is 2.54. The zero-order valence-electron chi connectivity index (χ0n) is 15.7. The van der Waals surface area contributed by atoms with E-state index in [0.717, 1.165) is 5.56 Å². The zero-order valence-corrected chi connectivity index (χ0v) is 18.8. The maximum absolute atomic E-state index is 13.1. The lowest BCUT2D eigenvalue weighted by molar-refractivity contribution is -0.113. The van der Waals surface area contributed by atoms with Gasteiger partial charge in [0.15, 0.2) is 5.16 Å². The van der Waals surface area contributed by atoms with Crippen LogP contribution in [0.3, 0.4) is 0 Å². The van der Waals surface area contributed by atoms with E-state index in [2.05, 4.69) is 10.3 Å². The van der Waals surface area contributed by atoms with Crippen molar-refractivity contribution in [2.75, 3.05) is 11.1 Å². The standard InChI is InChI=1S/C21H15Cl2N3O2S2/c1-12-15(23)3-2-4-16(12)24-18(27)11-30-21-25-17-9-10-29-19(17)20(28)26(21)14-7-5-13(22)6-8-14/h2-10H,11H2,1H3,(H,24,27). The van der Waals surface area contributed by atoms with Gasteiger partial charge in [0.25, 0.3) is 5.56 Å². The molecule has 5 nitrogen and oxygen atoms in total. The smallest absolute Gasteiger partial charge is 0.276 e. The number of aromatic nitrogens is 2. The molecule has 0 atom stereocenters. The highest BCUT2D eigenvalue weighted by atomic mass is 35.5. The second kappa shape index (κ2) is 8.81. The molecule has 0 aliphatic heterocycles. The predicted molar refractivity (Wildman–Crippen MR) is 126 cm³/mol. The lowest BCUT2D eigenvalue weighted by Crippen LogP contribution is -2.22. The summed E-state index contributed by atoms with van der Waals surface area (Å²) in [6.45, 7) is 1.84. The molecule has 0 saturated carbocycles. The molecule has 152 valence electrons. The van der Waals surface area contributed by atoms with Gasteiger partial charge in [-0.05, 0) is 60.3 Å². The minimum atomic E-state index is -0.215. The third-order valence-electron chi connectivity index (χ3n) is 4.41. The van der Waals surface area contributed by atoms with Crippen molar-refractivity contribution >= 4 is 68.1 Å². The Morgan fingerprint density at radius 2 is 1.93 bits per heavy atom. The Kier molecular flexibility index (Phi) is 6.15. The SMILES string of the molecule is Cc1c(Cl)cccc1NC(=O)CSc1nc2ccsc2c(=O)n1-c1ccc(Cl)cc1. The number of hydrogen-bond acceptors (Lipinski definition) is 5. The third-order valence-corrected chi connectivity index (χ3v) is 6.90. The van der Waals surface area contributed by atoms with Crippen molar-refractivity contribution < 1.29 is 4.79 Å². The molecular formula is C21H15Cl2N3O2S2. The molecule has 0 aliphatic rings. The van der Waals surface area contributed by atoms with Crippen molar-refractivity contribution in [3.8, 4) is 5.69 Å². The van der Waals surface area contributed by atoms with Crippen LogP contribution >= 0.6 is 46.3 Å². The number of hydrogen-bond donors (Lipinski definition) is 1. The fourth-order valence-corrected chi connectivity index (χ4v) is 4.74.